The van der Waals surface area contributed by atoms with Crippen molar-refractivity contribution in [3.05, 3.63) is 50.6 Å². The van der Waals surface area contributed by atoms with Crippen LogP contribution in [-0.2, 0) is 0 Å². The summed E-state index contributed by atoms with van der Waals surface area (Å²) in [7, 11) is 0. The number of pyridine rings is 1. The van der Waals surface area contributed by atoms with Gasteiger partial charge in [-0.3, -0.25) is 14.9 Å². The van der Waals surface area contributed by atoms with Crippen LogP contribution in [0.1, 0.15) is 0 Å². The van der Waals surface area contributed by atoms with E-state index in [1.807, 2.05) is 0 Å². The first kappa shape index (κ1) is 9.32. The smallest absolute Gasteiger partial charge is 0.314 e. The average Bonchev–Trinajstić information content (AvgIpc) is 2.18. The molecule has 0 saturated heterocycles. The summed E-state index contributed by atoms with van der Waals surface area (Å²) in [6.07, 6.45) is 0. The lowest BCUT2D eigenvalue weighted by Gasteiger charge is -1.98. The zero-order valence-electron chi connectivity index (χ0n) is 7.36. The maximum absolute atomic E-state index is 13.2. The van der Waals surface area contributed by atoms with Gasteiger partial charge < -0.3 is 4.98 Å². The summed E-state index contributed by atoms with van der Waals surface area (Å²) in [6, 6.07) is 5.13. The molecule has 1 aromatic heterocycles. The van der Waals surface area contributed by atoms with Gasteiger partial charge in [0.05, 0.1) is 10.4 Å². The number of rotatable bonds is 1. The number of hydrogen-bond acceptors (Lipinski definition) is 3. The van der Waals surface area contributed by atoms with Crippen LogP contribution in [0.2, 0.25) is 0 Å². The van der Waals surface area contributed by atoms with E-state index in [1.54, 1.807) is 0 Å². The molecule has 0 bridgehead atoms. The Labute approximate surface area is 82.3 Å². The average molecular weight is 208 g/mol. The summed E-state index contributed by atoms with van der Waals surface area (Å²) >= 11 is 0. The lowest BCUT2D eigenvalue weighted by Crippen LogP contribution is -2.11. The Balaban J connectivity index is 2.88. The van der Waals surface area contributed by atoms with Crippen LogP contribution in [0.5, 0.6) is 0 Å². The first-order valence-corrected chi connectivity index (χ1v) is 4.05. The van der Waals surface area contributed by atoms with Crippen molar-refractivity contribution < 1.29 is 9.31 Å². The van der Waals surface area contributed by atoms with E-state index in [1.165, 1.54) is 18.2 Å². The van der Waals surface area contributed by atoms with Gasteiger partial charge in [-0.25, -0.2) is 4.39 Å². The third kappa shape index (κ3) is 1.45. The second-order valence-electron chi connectivity index (χ2n) is 2.94. The van der Waals surface area contributed by atoms with Crippen molar-refractivity contribution in [2.75, 3.05) is 0 Å². The SMILES string of the molecule is O=c1[nH]c2c(F)cccc2cc1[N+](=O)[O-]. The maximum Gasteiger partial charge on any atom is 0.334 e. The minimum atomic E-state index is -0.905. The lowest BCUT2D eigenvalue weighted by molar-refractivity contribution is -0.386. The second kappa shape index (κ2) is 3.16. The highest BCUT2D eigenvalue weighted by Crippen LogP contribution is 2.16. The van der Waals surface area contributed by atoms with Crippen molar-refractivity contribution >= 4 is 16.6 Å². The number of nitro groups is 1. The predicted octanol–water partition coefficient (Wildman–Crippen LogP) is 1.58. The van der Waals surface area contributed by atoms with Crippen molar-refractivity contribution in [1.82, 2.24) is 4.98 Å². The monoisotopic (exact) mass is 208 g/mol. The van der Waals surface area contributed by atoms with Gasteiger partial charge in [0.15, 0.2) is 0 Å². The first-order chi connectivity index (χ1) is 7.09. The Morgan fingerprint density at radius 1 is 1.40 bits per heavy atom. The molecule has 0 saturated carbocycles. The van der Waals surface area contributed by atoms with Crippen LogP contribution in [0.15, 0.2) is 29.1 Å². The zero-order valence-corrected chi connectivity index (χ0v) is 7.36. The van der Waals surface area contributed by atoms with E-state index in [-0.39, 0.29) is 5.52 Å². The van der Waals surface area contributed by atoms with Crippen LogP contribution in [0, 0.1) is 15.9 Å². The Hall–Kier alpha value is -2.24. The molecule has 0 radical (unpaired) electrons. The molecule has 0 fully saturated rings. The van der Waals surface area contributed by atoms with Gasteiger partial charge >= 0.3 is 11.2 Å². The molecule has 0 atom stereocenters. The normalized spacial score (nSPS) is 10.5. The summed E-state index contributed by atoms with van der Waals surface area (Å²) < 4.78 is 13.2. The van der Waals surface area contributed by atoms with E-state index >= 15 is 0 Å². The van der Waals surface area contributed by atoms with Crippen molar-refractivity contribution in [3.63, 3.8) is 0 Å². The van der Waals surface area contributed by atoms with E-state index in [0.29, 0.717) is 5.39 Å². The summed E-state index contributed by atoms with van der Waals surface area (Å²) in [5.74, 6) is -0.612. The Morgan fingerprint density at radius 2 is 2.13 bits per heavy atom. The Kier molecular flexibility index (Phi) is 1.96. The van der Waals surface area contributed by atoms with Gasteiger partial charge in [-0.05, 0) is 6.07 Å². The molecular weight excluding hydrogens is 203 g/mol. The largest absolute Gasteiger partial charge is 0.334 e. The van der Waals surface area contributed by atoms with Gasteiger partial charge in [-0.1, -0.05) is 12.1 Å². The van der Waals surface area contributed by atoms with Crippen molar-refractivity contribution in [2.24, 2.45) is 0 Å². The van der Waals surface area contributed by atoms with E-state index in [9.17, 15) is 19.3 Å². The molecular formula is C9H5FN2O3. The molecule has 0 amide bonds. The lowest BCUT2D eigenvalue weighted by atomic mass is 10.2. The van der Waals surface area contributed by atoms with Crippen LogP contribution in [0.3, 0.4) is 0 Å². The van der Waals surface area contributed by atoms with Crippen molar-refractivity contribution in [2.45, 2.75) is 0 Å². The summed E-state index contributed by atoms with van der Waals surface area (Å²) in [6.45, 7) is 0. The number of H-pyrrole nitrogens is 1. The molecule has 1 N–H and O–H groups in total. The van der Waals surface area contributed by atoms with Crippen molar-refractivity contribution in [1.29, 1.82) is 0 Å². The van der Waals surface area contributed by atoms with Gasteiger partial charge in [0.25, 0.3) is 0 Å². The highest BCUT2D eigenvalue weighted by Gasteiger charge is 2.14. The summed E-state index contributed by atoms with van der Waals surface area (Å²) in [5, 5.41) is 10.7. The summed E-state index contributed by atoms with van der Waals surface area (Å²) in [4.78, 5) is 22.9. The summed E-state index contributed by atoms with van der Waals surface area (Å²) in [5.41, 5.74) is -1.51. The van der Waals surface area contributed by atoms with Gasteiger partial charge in [0, 0.05) is 11.5 Å². The highest BCUT2D eigenvalue weighted by molar-refractivity contribution is 5.80. The molecule has 76 valence electrons. The number of halogens is 1. The fraction of sp³-hybridized carbons (Fsp3) is 0. The molecule has 0 spiro atoms. The molecule has 1 aromatic carbocycles. The number of aromatic amines is 1. The minimum Gasteiger partial charge on any atom is -0.314 e. The highest BCUT2D eigenvalue weighted by atomic mass is 19.1. The molecule has 0 aliphatic heterocycles. The van der Waals surface area contributed by atoms with E-state index in [0.717, 1.165) is 6.07 Å². The fourth-order valence-corrected chi connectivity index (χ4v) is 1.32. The predicted molar refractivity (Wildman–Crippen MR) is 51.2 cm³/mol. The van der Waals surface area contributed by atoms with Crippen LogP contribution < -0.4 is 5.56 Å². The van der Waals surface area contributed by atoms with Gasteiger partial charge in [-0.2, -0.15) is 0 Å². The fourth-order valence-electron chi connectivity index (χ4n) is 1.32. The molecule has 1 heterocycles. The first-order valence-electron chi connectivity index (χ1n) is 4.05. The number of nitrogens with zero attached hydrogens (tertiary/aromatic N) is 1. The molecule has 2 aromatic rings. The van der Waals surface area contributed by atoms with E-state index in [4.69, 9.17) is 0 Å². The third-order valence-corrected chi connectivity index (χ3v) is 2.01. The van der Waals surface area contributed by atoms with Crippen LogP contribution >= 0.6 is 0 Å². The molecule has 0 aliphatic rings. The maximum atomic E-state index is 13.2. The third-order valence-electron chi connectivity index (χ3n) is 2.01. The minimum absolute atomic E-state index is 0.0203. The quantitative estimate of drug-likeness (QED) is 0.570. The van der Waals surface area contributed by atoms with E-state index in [2.05, 4.69) is 4.98 Å². The zero-order chi connectivity index (χ0) is 11.0. The number of para-hydroxylation sites is 1. The molecule has 0 aliphatic carbocycles. The second-order valence-corrected chi connectivity index (χ2v) is 2.94. The number of aromatic nitrogens is 1. The Bertz CT molecular complexity index is 606. The molecule has 2 rings (SSSR count). The molecule has 0 unspecified atom stereocenters. The Morgan fingerprint density at radius 3 is 2.80 bits per heavy atom. The van der Waals surface area contributed by atoms with Crippen LogP contribution in [0.25, 0.3) is 10.9 Å². The van der Waals surface area contributed by atoms with Crippen LogP contribution in [-0.4, -0.2) is 9.91 Å². The topological polar surface area (TPSA) is 76.0 Å². The molecule has 15 heavy (non-hydrogen) atoms. The number of nitrogens with one attached hydrogen (secondary N) is 1. The number of fused-ring (bicyclic) bond motifs is 1. The standard InChI is InChI=1S/C9H5FN2O3/c10-6-3-1-2-5-4-7(12(14)15)9(13)11-8(5)6/h1-4H,(H,11,13). The molecule has 6 heteroatoms. The van der Waals surface area contributed by atoms with Gasteiger partial charge in [-0.15, -0.1) is 0 Å². The number of hydrogen-bond donors (Lipinski definition) is 1. The van der Waals surface area contributed by atoms with Crippen molar-refractivity contribution in [3.8, 4) is 0 Å². The van der Waals surface area contributed by atoms with Gasteiger partial charge in [0.1, 0.15) is 5.82 Å². The molecule has 5 nitrogen and oxygen atoms in total. The van der Waals surface area contributed by atoms with Crippen LogP contribution in [0.4, 0.5) is 10.1 Å². The van der Waals surface area contributed by atoms with E-state index < -0.39 is 22.0 Å². The van der Waals surface area contributed by atoms with Gasteiger partial charge in [0.2, 0.25) is 0 Å². The number of benzene rings is 1.